The van der Waals surface area contributed by atoms with E-state index in [1.807, 2.05) is 25.1 Å². The summed E-state index contributed by atoms with van der Waals surface area (Å²) >= 11 is 9.37. The van der Waals surface area contributed by atoms with E-state index in [0.29, 0.717) is 19.0 Å². The Bertz CT molecular complexity index is 676. The van der Waals surface area contributed by atoms with Crippen LogP contribution in [0.4, 0.5) is 0 Å². The summed E-state index contributed by atoms with van der Waals surface area (Å²) in [5.41, 5.74) is 1.75. The Morgan fingerprint density at radius 1 is 1.18 bits per heavy atom. The molecule has 2 aromatic carbocycles. The topological polar surface area (TPSA) is 51.0 Å². The van der Waals surface area contributed by atoms with Crippen LogP contribution in [0, 0.1) is 6.92 Å². The summed E-state index contributed by atoms with van der Waals surface area (Å²) in [5.74, 6) is 1.46. The fourth-order valence-corrected chi connectivity index (χ4v) is 2.43. The highest BCUT2D eigenvalue weighted by molar-refractivity contribution is 9.10. The number of aryl methyl sites for hydroxylation is 1. The van der Waals surface area contributed by atoms with Gasteiger partial charge < -0.3 is 14.7 Å². The average molecular weight is 385 g/mol. The first-order chi connectivity index (χ1) is 10.6. The normalized spacial score (nSPS) is 10.9. The van der Waals surface area contributed by atoms with Crippen LogP contribution in [0.1, 0.15) is 11.1 Å². The lowest BCUT2D eigenvalue weighted by atomic mass is 10.2. The van der Waals surface area contributed by atoms with Crippen molar-refractivity contribution in [3.63, 3.8) is 0 Å². The first kappa shape index (κ1) is 16.6. The third kappa shape index (κ3) is 4.64. The van der Waals surface area contributed by atoms with E-state index in [1.165, 1.54) is 6.21 Å². The molecule has 0 fully saturated rings. The van der Waals surface area contributed by atoms with Crippen LogP contribution in [0.3, 0.4) is 0 Å². The smallest absolute Gasteiger partial charge is 0.133 e. The van der Waals surface area contributed by atoms with Gasteiger partial charge in [-0.2, -0.15) is 0 Å². The molecule has 0 saturated carbocycles. The largest absolute Gasteiger partial charge is 0.490 e. The lowest BCUT2D eigenvalue weighted by Gasteiger charge is -2.10. The third-order valence-corrected chi connectivity index (χ3v) is 3.95. The zero-order chi connectivity index (χ0) is 15.9. The summed E-state index contributed by atoms with van der Waals surface area (Å²) in [6.07, 6.45) is 1.35. The number of hydrogen-bond acceptors (Lipinski definition) is 4. The van der Waals surface area contributed by atoms with Crippen LogP contribution in [-0.4, -0.2) is 24.6 Å². The number of benzene rings is 2. The molecule has 0 unspecified atom stereocenters. The molecule has 0 aromatic heterocycles. The highest BCUT2D eigenvalue weighted by Gasteiger charge is 2.03. The van der Waals surface area contributed by atoms with Crippen LogP contribution in [0.2, 0.25) is 5.02 Å². The summed E-state index contributed by atoms with van der Waals surface area (Å²) in [5, 5.41) is 12.2. The van der Waals surface area contributed by atoms with Gasteiger partial charge in [0.25, 0.3) is 0 Å². The fourth-order valence-electron chi connectivity index (χ4n) is 1.80. The van der Waals surface area contributed by atoms with Gasteiger partial charge in [-0.15, -0.1) is 0 Å². The van der Waals surface area contributed by atoms with Crippen molar-refractivity contribution in [3.8, 4) is 11.5 Å². The number of rotatable bonds is 6. The van der Waals surface area contributed by atoms with Gasteiger partial charge in [0, 0.05) is 5.02 Å². The molecule has 0 aliphatic carbocycles. The molecule has 22 heavy (non-hydrogen) atoms. The standard InChI is InChI=1S/C16H15BrClNO3/c1-11-8-13(3-4-15(11)18)21-6-7-22-16-5-2-12(10-19-20)9-14(16)17/h2-5,8-10,20H,6-7H2,1H3. The van der Waals surface area contributed by atoms with Crippen LogP contribution in [-0.2, 0) is 0 Å². The molecule has 0 amide bonds. The van der Waals surface area contributed by atoms with Gasteiger partial charge in [-0.05, 0) is 70.4 Å². The van der Waals surface area contributed by atoms with Crippen LogP contribution in [0.15, 0.2) is 46.0 Å². The van der Waals surface area contributed by atoms with E-state index in [-0.39, 0.29) is 0 Å². The van der Waals surface area contributed by atoms with E-state index in [0.717, 1.165) is 26.4 Å². The second-order valence-corrected chi connectivity index (χ2v) is 5.80. The van der Waals surface area contributed by atoms with Gasteiger partial charge in [-0.25, -0.2) is 0 Å². The van der Waals surface area contributed by atoms with Crippen LogP contribution in [0.5, 0.6) is 11.5 Å². The Balaban J connectivity index is 1.84. The molecule has 0 bridgehead atoms. The van der Waals surface area contributed by atoms with E-state index >= 15 is 0 Å². The molecule has 0 radical (unpaired) electrons. The first-order valence-electron chi connectivity index (χ1n) is 6.59. The molecule has 0 spiro atoms. The summed E-state index contributed by atoms with van der Waals surface area (Å²) in [6.45, 7) is 2.76. The number of ether oxygens (including phenoxy) is 2. The highest BCUT2D eigenvalue weighted by Crippen LogP contribution is 2.25. The molecular weight excluding hydrogens is 370 g/mol. The van der Waals surface area contributed by atoms with Crippen LogP contribution in [0.25, 0.3) is 0 Å². The molecule has 0 aliphatic heterocycles. The Hall–Kier alpha value is -1.72. The second-order valence-electron chi connectivity index (χ2n) is 4.54. The van der Waals surface area contributed by atoms with Crippen LogP contribution < -0.4 is 9.47 Å². The molecule has 6 heteroatoms. The molecule has 1 N–H and O–H groups in total. The minimum Gasteiger partial charge on any atom is -0.490 e. The Kier molecular flexibility index (Phi) is 6.10. The van der Waals surface area contributed by atoms with Gasteiger partial charge in [0.15, 0.2) is 0 Å². The lowest BCUT2D eigenvalue weighted by molar-refractivity contribution is 0.216. The third-order valence-electron chi connectivity index (χ3n) is 2.90. The number of nitrogens with zero attached hydrogens (tertiary/aromatic N) is 1. The van der Waals surface area contributed by atoms with Gasteiger partial charge >= 0.3 is 0 Å². The van der Waals surface area contributed by atoms with E-state index in [4.69, 9.17) is 26.3 Å². The second kappa shape index (κ2) is 8.06. The maximum atomic E-state index is 8.50. The van der Waals surface area contributed by atoms with Gasteiger partial charge in [-0.3, -0.25) is 0 Å². The minimum atomic E-state index is 0.410. The minimum absolute atomic E-state index is 0.410. The first-order valence-corrected chi connectivity index (χ1v) is 7.76. The van der Waals surface area contributed by atoms with E-state index in [1.54, 1.807) is 18.2 Å². The van der Waals surface area contributed by atoms with Crippen molar-refractivity contribution in [2.45, 2.75) is 6.92 Å². The van der Waals surface area contributed by atoms with Crippen molar-refractivity contribution in [3.05, 3.63) is 57.0 Å². The molecule has 0 aliphatic rings. The van der Waals surface area contributed by atoms with Crippen molar-refractivity contribution in [2.75, 3.05) is 13.2 Å². The monoisotopic (exact) mass is 383 g/mol. The van der Waals surface area contributed by atoms with Crippen LogP contribution >= 0.6 is 27.5 Å². The molecule has 0 heterocycles. The summed E-state index contributed by atoms with van der Waals surface area (Å²) in [6, 6.07) is 10.9. The number of hydrogen-bond donors (Lipinski definition) is 1. The summed E-state index contributed by atoms with van der Waals surface area (Å²) in [7, 11) is 0. The van der Waals surface area contributed by atoms with Crippen molar-refractivity contribution in [2.24, 2.45) is 5.16 Å². The van der Waals surface area contributed by atoms with Crippen molar-refractivity contribution in [1.82, 2.24) is 0 Å². The van der Waals surface area contributed by atoms with Crippen molar-refractivity contribution >= 4 is 33.7 Å². The summed E-state index contributed by atoms with van der Waals surface area (Å²) < 4.78 is 12.0. The molecular formula is C16H15BrClNO3. The SMILES string of the molecule is Cc1cc(OCCOc2ccc(C=NO)cc2Br)ccc1Cl. The highest BCUT2D eigenvalue weighted by atomic mass is 79.9. The molecule has 116 valence electrons. The maximum Gasteiger partial charge on any atom is 0.133 e. The van der Waals surface area contributed by atoms with Gasteiger partial charge in [0.2, 0.25) is 0 Å². The molecule has 0 atom stereocenters. The predicted octanol–water partition coefficient (Wildman–Crippen LogP) is 4.68. The Labute approximate surface area is 142 Å². The quantitative estimate of drug-likeness (QED) is 0.340. The average Bonchev–Trinajstić information content (AvgIpc) is 2.49. The Morgan fingerprint density at radius 2 is 1.95 bits per heavy atom. The molecule has 4 nitrogen and oxygen atoms in total. The van der Waals surface area contributed by atoms with E-state index < -0.39 is 0 Å². The van der Waals surface area contributed by atoms with Gasteiger partial charge in [-0.1, -0.05) is 16.8 Å². The van der Waals surface area contributed by atoms with Gasteiger partial charge in [0.05, 0.1) is 10.7 Å². The molecule has 0 saturated heterocycles. The summed E-state index contributed by atoms with van der Waals surface area (Å²) in [4.78, 5) is 0. The number of halogens is 2. The maximum absolute atomic E-state index is 8.50. The Morgan fingerprint density at radius 3 is 2.64 bits per heavy atom. The predicted molar refractivity (Wildman–Crippen MR) is 90.7 cm³/mol. The zero-order valence-corrected chi connectivity index (χ0v) is 14.3. The van der Waals surface area contributed by atoms with E-state index in [2.05, 4.69) is 21.1 Å². The lowest BCUT2D eigenvalue weighted by Crippen LogP contribution is -2.09. The van der Waals surface area contributed by atoms with Crippen molar-refractivity contribution in [1.29, 1.82) is 0 Å². The van der Waals surface area contributed by atoms with Gasteiger partial charge in [0.1, 0.15) is 24.7 Å². The molecule has 2 aromatic rings. The number of oxime groups is 1. The van der Waals surface area contributed by atoms with Crippen molar-refractivity contribution < 1.29 is 14.7 Å². The molecule has 2 rings (SSSR count). The fraction of sp³-hybridized carbons (Fsp3) is 0.188. The van der Waals surface area contributed by atoms with E-state index in [9.17, 15) is 0 Å². The zero-order valence-electron chi connectivity index (χ0n) is 11.9.